The highest BCUT2D eigenvalue weighted by atomic mass is 16.4. The Morgan fingerprint density at radius 3 is 2.74 bits per heavy atom. The molecule has 0 fully saturated rings. The van der Waals surface area contributed by atoms with E-state index in [9.17, 15) is 0 Å². The highest BCUT2D eigenvalue weighted by molar-refractivity contribution is 5.57. The van der Waals surface area contributed by atoms with E-state index in [2.05, 4.69) is 20.4 Å². The predicted octanol–water partition coefficient (Wildman–Crippen LogP) is 1.70. The van der Waals surface area contributed by atoms with E-state index in [4.69, 9.17) is 4.42 Å². The quantitative estimate of drug-likeness (QED) is 0.801. The molecule has 1 aromatic carbocycles. The Morgan fingerprint density at radius 2 is 2.00 bits per heavy atom. The molecule has 0 unspecified atom stereocenters. The summed E-state index contributed by atoms with van der Waals surface area (Å²) < 4.78 is 5.66. The highest BCUT2D eigenvalue weighted by Gasteiger charge is 2.09. The molecular formula is C14H20N4O. The second kappa shape index (κ2) is 6.45. The first-order valence-electron chi connectivity index (χ1n) is 6.40. The third-order valence-electron chi connectivity index (χ3n) is 2.85. The molecule has 2 aromatic rings. The molecule has 0 spiro atoms. The summed E-state index contributed by atoms with van der Waals surface area (Å²) in [5, 5.41) is 11.4. The number of nitrogens with one attached hydrogen (secondary N) is 1. The van der Waals surface area contributed by atoms with Crippen LogP contribution in [0.1, 0.15) is 11.5 Å². The van der Waals surface area contributed by atoms with Crippen molar-refractivity contribution in [3.63, 3.8) is 0 Å². The topological polar surface area (TPSA) is 54.2 Å². The van der Waals surface area contributed by atoms with Crippen molar-refractivity contribution in [2.45, 2.75) is 13.5 Å². The first kappa shape index (κ1) is 13.7. The van der Waals surface area contributed by atoms with Crippen LogP contribution in [0, 0.1) is 6.92 Å². The Labute approximate surface area is 113 Å². The van der Waals surface area contributed by atoms with Crippen molar-refractivity contribution in [2.24, 2.45) is 0 Å². The lowest BCUT2D eigenvalue weighted by atomic mass is 10.1. The van der Waals surface area contributed by atoms with Gasteiger partial charge in [0.05, 0.1) is 6.54 Å². The van der Waals surface area contributed by atoms with E-state index < -0.39 is 0 Å². The average molecular weight is 260 g/mol. The summed E-state index contributed by atoms with van der Waals surface area (Å²) >= 11 is 0. The van der Waals surface area contributed by atoms with Crippen LogP contribution in [0.4, 0.5) is 0 Å². The van der Waals surface area contributed by atoms with Gasteiger partial charge in [-0.1, -0.05) is 18.2 Å². The second-order valence-corrected chi connectivity index (χ2v) is 4.80. The SMILES string of the molecule is Cc1ccccc1-c1nnc(CNCCN(C)C)o1. The molecule has 0 aliphatic heterocycles. The molecule has 0 amide bonds. The Bertz CT molecular complexity index is 522. The fourth-order valence-corrected chi connectivity index (χ4v) is 1.74. The van der Waals surface area contributed by atoms with Gasteiger partial charge in [-0.2, -0.15) is 0 Å². The van der Waals surface area contributed by atoms with Crippen LogP contribution in [0.5, 0.6) is 0 Å². The van der Waals surface area contributed by atoms with Crippen LogP contribution in [0.3, 0.4) is 0 Å². The van der Waals surface area contributed by atoms with E-state index in [0.29, 0.717) is 18.3 Å². The van der Waals surface area contributed by atoms with Crippen molar-refractivity contribution >= 4 is 0 Å². The molecule has 5 nitrogen and oxygen atoms in total. The standard InChI is InChI=1S/C14H20N4O/c1-11-6-4-5-7-12(11)14-17-16-13(19-14)10-15-8-9-18(2)3/h4-7,15H,8-10H2,1-3H3. The Hall–Kier alpha value is -1.72. The van der Waals surface area contributed by atoms with Crippen molar-refractivity contribution in [1.82, 2.24) is 20.4 Å². The third kappa shape index (κ3) is 3.87. The lowest BCUT2D eigenvalue weighted by Gasteiger charge is -2.08. The van der Waals surface area contributed by atoms with Crippen LogP contribution in [0.25, 0.3) is 11.5 Å². The van der Waals surface area contributed by atoms with Gasteiger partial charge >= 0.3 is 0 Å². The number of nitrogens with zero attached hydrogens (tertiary/aromatic N) is 3. The minimum absolute atomic E-state index is 0.586. The predicted molar refractivity (Wildman–Crippen MR) is 74.7 cm³/mol. The molecule has 19 heavy (non-hydrogen) atoms. The summed E-state index contributed by atoms with van der Waals surface area (Å²) in [6.07, 6.45) is 0. The number of benzene rings is 1. The zero-order valence-corrected chi connectivity index (χ0v) is 11.7. The smallest absolute Gasteiger partial charge is 0.248 e. The number of likely N-dealkylation sites (N-methyl/N-ethyl adjacent to an activating group) is 1. The largest absolute Gasteiger partial charge is 0.419 e. The van der Waals surface area contributed by atoms with Gasteiger partial charge < -0.3 is 14.6 Å². The van der Waals surface area contributed by atoms with Crippen LogP contribution in [0.2, 0.25) is 0 Å². The van der Waals surface area contributed by atoms with Gasteiger partial charge in [0.1, 0.15) is 0 Å². The van der Waals surface area contributed by atoms with Crippen LogP contribution in [-0.2, 0) is 6.54 Å². The number of hydrogen-bond acceptors (Lipinski definition) is 5. The minimum Gasteiger partial charge on any atom is -0.419 e. The first-order valence-corrected chi connectivity index (χ1v) is 6.40. The fourth-order valence-electron chi connectivity index (χ4n) is 1.74. The lowest BCUT2D eigenvalue weighted by molar-refractivity contribution is 0.390. The summed E-state index contributed by atoms with van der Waals surface area (Å²) in [6.45, 7) is 4.52. The molecule has 0 aliphatic carbocycles. The van der Waals surface area contributed by atoms with Crippen molar-refractivity contribution < 1.29 is 4.42 Å². The van der Waals surface area contributed by atoms with Crippen LogP contribution < -0.4 is 5.32 Å². The Morgan fingerprint density at radius 1 is 1.21 bits per heavy atom. The maximum Gasteiger partial charge on any atom is 0.248 e. The molecular weight excluding hydrogens is 240 g/mol. The fraction of sp³-hybridized carbons (Fsp3) is 0.429. The van der Waals surface area contributed by atoms with E-state index >= 15 is 0 Å². The summed E-state index contributed by atoms with van der Waals surface area (Å²) in [5.74, 6) is 1.21. The van der Waals surface area contributed by atoms with Crippen molar-refractivity contribution in [3.05, 3.63) is 35.7 Å². The van der Waals surface area contributed by atoms with E-state index in [1.165, 1.54) is 0 Å². The van der Waals surface area contributed by atoms with Crippen LogP contribution in [-0.4, -0.2) is 42.3 Å². The molecule has 0 bridgehead atoms. The molecule has 0 aliphatic rings. The molecule has 2 rings (SSSR count). The Balaban J connectivity index is 1.94. The highest BCUT2D eigenvalue weighted by Crippen LogP contribution is 2.21. The summed E-state index contributed by atoms with van der Waals surface area (Å²) in [6, 6.07) is 8.00. The summed E-state index contributed by atoms with van der Waals surface area (Å²) in [4.78, 5) is 2.12. The minimum atomic E-state index is 0.586. The van der Waals surface area contributed by atoms with Gasteiger partial charge in [0.15, 0.2) is 0 Å². The molecule has 0 saturated heterocycles. The van der Waals surface area contributed by atoms with Gasteiger partial charge in [0, 0.05) is 18.7 Å². The molecule has 1 heterocycles. The zero-order valence-electron chi connectivity index (χ0n) is 11.7. The van der Waals surface area contributed by atoms with E-state index in [-0.39, 0.29) is 0 Å². The second-order valence-electron chi connectivity index (χ2n) is 4.80. The van der Waals surface area contributed by atoms with Crippen molar-refractivity contribution in [2.75, 3.05) is 27.2 Å². The van der Waals surface area contributed by atoms with Crippen LogP contribution >= 0.6 is 0 Å². The Kier molecular flexibility index (Phi) is 4.65. The van der Waals surface area contributed by atoms with Crippen molar-refractivity contribution in [3.8, 4) is 11.5 Å². The molecule has 102 valence electrons. The maximum atomic E-state index is 5.66. The van der Waals surface area contributed by atoms with E-state index in [1.807, 2.05) is 45.3 Å². The zero-order chi connectivity index (χ0) is 13.7. The lowest BCUT2D eigenvalue weighted by Crippen LogP contribution is -2.26. The normalized spacial score (nSPS) is 11.2. The van der Waals surface area contributed by atoms with E-state index in [1.54, 1.807) is 0 Å². The van der Waals surface area contributed by atoms with E-state index in [0.717, 1.165) is 24.2 Å². The van der Waals surface area contributed by atoms with Gasteiger partial charge in [-0.3, -0.25) is 0 Å². The van der Waals surface area contributed by atoms with Gasteiger partial charge in [-0.05, 0) is 32.6 Å². The maximum absolute atomic E-state index is 5.66. The molecule has 0 atom stereocenters. The number of aryl methyl sites for hydroxylation is 1. The monoisotopic (exact) mass is 260 g/mol. The number of aromatic nitrogens is 2. The van der Waals surface area contributed by atoms with Gasteiger partial charge in [-0.25, -0.2) is 0 Å². The first-order chi connectivity index (χ1) is 9.16. The average Bonchev–Trinajstić information content (AvgIpc) is 2.83. The molecule has 0 radical (unpaired) electrons. The number of hydrogen-bond donors (Lipinski definition) is 1. The van der Waals surface area contributed by atoms with Gasteiger partial charge in [0.2, 0.25) is 11.8 Å². The molecule has 1 aromatic heterocycles. The third-order valence-corrected chi connectivity index (χ3v) is 2.85. The number of rotatable bonds is 6. The van der Waals surface area contributed by atoms with Crippen LogP contribution in [0.15, 0.2) is 28.7 Å². The molecule has 0 saturated carbocycles. The molecule has 5 heteroatoms. The van der Waals surface area contributed by atoms with Gasteiger partial charge in [-0.15, -0.1) is 10.2 Å². The van der Waals surface area contributed by atoms with Crippen molar-refractivity contribution in [1.29, 1.82) is 0 Å². The summed E-state index contributed by atoms with van der Waals surface area (Å²) in [5.41, 5.74) is 2.13. The molecule has 1 N–H and O–H groups in total. The summed E-state index contributed by atoms with van der Waals surface area (Å²) in [7, 11) is 4.09. The van der Waals surface area contributed by atoms with Gasteiger partial charge in [0.25, 0.3) is 0 Å².